The number of para-hydroxylation sites is 2. The maximum absolute atomic E-state index is 4.58. The number of aryl methyl sites for hydroxylation is 2. The SMILES string of the molecule is CCCCSc1nnc(CCCCCc2nnc(SCCCC)n2-c2ccccc2)n1-c1ccccc1. The van der Waals surface area contributed by atoms with Crippen molar-refractivity contribution in [3.63, 3.8) is 0 Å². The molecule has 0 N–H and O–H groups in total. The van der Waals surface area contributed by atoms with Crippen LogP contribution in [0.2, 0.25) is 0 Å². The molecule has 37 heavy (non-hydrogen) atoms. The van der Waals surface area contributed by atoms with Gasteiger partial charge in [0.05, 0.1) is 0 Å². The average molecular weight is 535 g/mol. The van der Waals surface area contributed by atoms with Crippen LogP contribution in [-0.4, -0.2) is 41.0 Å². The van der Waals surface area contributed by atoms with Crippen LogP contribution >= 0.6 is 23.5 Å². The number of rotatable bonds is 16. The van der Waals surface area contributed by atoms with Gasteiger partial charge in [-0.25, -0.2) is 0 Å². The number of hydrogen-bond acceptors (Lipinski definition) is 6. The first kappa shape index (κ1) is 27.5. The predicted molar refractivity (Wildman–Crippen MR) is 155 cm³/mol. The molecule has 8 heteroatoms. The van der Waals surface area contributed by atoms with Crippen LogP contribution in [0.4, 0.5) is 0 Å². The fraction of sp³-hybridized carbons (Fsp3) is 0.448. The molecule has 0 radical (unpaired) electrons. The Balaban J connectivity index is 1.37. The van der Waals surface area contributed by atoms with Crippen molar-refractivity contribution in [2.45, 2.75) is 81.9 Å². The highest BCUT2D eigenvalue weighted by molar-refractivity contribution is 7.99. The largest absolute Gasteiger partial charge is 0.274 e. The van der Waals surface area contributed by atoms with E-state index in [1.165, 1.54) is 25.7 Å². The third-order valence-corrected chi connectivity index (χ3v) is 8.22. The minimum absolute atomic E-state index is 0.916. The molecule has 196 valence electrons. The second-order valence-electron chi connectivity index (χ2n) is 9.10. The summed E-state index contributed by atoms with van der Waals surface area (Å²) >= 11 is 3.61. The molecule has 0 aliphatic rings. The summed E-state index contributed by atoms with van der Waals surface area (Å²) in [5, 5.41) is 20.2. The van der Waals surface area contributed by atoms with E-state index in [4.69, 9.17) is 0 Å². The van der Waals surface area contributed by atoms with Crippen LogP contribution < -0.4 is 0 Å². The maximum Gasteiger partial charge on any atom is 0.195 e. The number of thioether (sulfide) groups is 2. The average Bonchev–Trinajstić information content (AvgIpc) is 3.53. The van der Waals surface area contributed by atoms with Crippen LogP contribution in [0.15, 0.2) is 71.0 Å². The molecule has 0 saturated heterocycles. The zero-order valence-corrected chi connectivity index (χ0v) is 23.7. The van der Waals surface area contributed by atoms with Gasteiger partial charge in [-0.05, 0) is 49.9 Å². The van der Waals surface area contributed by atoms with Gasteiger partial charge in [-0.2, -0.15) is 0 Å². The Morgan fingerprint density at radius 2 is 0.973 bits per heavy atom. The smallest absolute Gasteiger partial charge is 0.195 e. The minimum Gasteiger partial charge on any atom is -0.274 e. The third kappa shape index (κ3) is 7.71. The van der Waals surface area contributed by atoms with Gasteiger partial charge in [0.2, 0.25) is 0 Å². The van der Waals surface area contributed by atoms with Crippen molar-refractivity contribution in [1.82, 2.24) is 29.5 Å². The lowest BCUT2D eigenvalue weighted by atomic mass is 10.1. The van der Waals surface area contributed by atoms with E-state index < -0.39 is 0 Å². The van der Waals surface area contributed by atoms with Gasteiger partial charge in [-0.3, -0.25) is 9.13 Å². The molecule has 0 aliphatic heterocycles. The number of hydrogen-bond donors (Lipinski definition) is 0. The van der Waals surface area contributed by atoms with Crippen molar-refractivity contribution in [3.8, 4) is 11.4 Å². The molecule has 0 unspecified atom stereocenters. The maximum atomic E-state index is 4.58. The molecular weight excluding hydrogens is 496 g/mol. The van der Waals surface area contributed by atoms with Crippen molar-refractivity contribution in [2.24, 2.45) is 0 Å². The van der Waals surface area contributed by atoms with Crippen LogP contribution in [-0.2, 0) is 12.8 Å². The standard InChI is InChI=1S/C29H38N6S2/c1-3-5-22-36-28-32-30-26(34(28)24-16-10-7-11-17-24)20-14-9-15-21-27-31-33-29(37-23-6-4-2)35(27)25-18-12-8-13-19-25/h7-8,10-13,16-19H,3-6,9,14-15,20-23H2,1-2H3. The second kappa shape index (κ2) is 15.0. The Labute approximate surface area is 229 Å². The van der Waals surface area contributed by atoms with Gasteiger partial charge in [-0.15, -0.1) is 20.4 Å². The molecule has 4 rings (SSSR count). The van der Waals surface area contributed by atoms with Crippen molar-refractivity contribution < 1.29 is 0 Å². The van der Waals surface area contributed by atoms with Crippen LogP contribution in [0, 0.1) is 0 Å². The number of unbranched alkanes of at least 4 members (excludes halogenated alkanes) is 4. The van der Waals surface area contributed by atoms with E-state index >= 15 is 0 Å². The quantitative estimate of drug-likeness (QED) is 0.109. The molecule has 2 aromatic carbocycles. The highest BCUT2D eigenvalue weighted by Crippen LogP contribution is 2.25. The predicted octanol–water partition coefficient (Wildman–Crippen LogP) is 7.59. The Morgan fingerprint density at radius 1 is 0.541 bits per heavy atom. The van der Waals surface area contributed by atoms with E-state index in [0.717, 1.165) is 76.9 Å². The Bertz CT molecular complexity index is 1100. The molecule has 0 bridgehead atoms. The molecule has 0 aliphatic carbocycles. The Kier molecular flexibility index (Phi) is 11.1. The molecule has 2 heterocycles. The molecule has 2 aromatic heterocycles. The van der Waals surface area contributed by atoms with Gasteiger partial charge in [0.25, 0.3) is 0 Å². The van der Waals surface area contributed by atoms with Crippen molar-refractivity contribution in [3.05, 3.63) is 72.3 Å². The minimum atomic E-state index is 0.916. The Hall–Kier alpha value is -2.58. The fourth-order valence-electron chi connectivity index (χ4n) is 4.14. The van der Waals surface area contributed by atoms with Gasteiger partial charge in [0.1, 0.15) is 11.6 Å². The zero-order chi connectivity index (χ0) is 25.7. The molecule has 0 amide bonds. The molecule has 4 aromatic rings. The van der Waals surface area contributed by atoms with E-state index in [-0.39, 0.29) is 0 Å². The van der Waals surface area contributed by atoms with Gasteiger partial charge in [0.15, 0.2) is 10.3 Å². The first-order valence-electron chi connectivity index (χ1n) is 13.6. The lowest BCUT2D eigenvalue weighted by molar-refractivity contribution is 0.634. The van der Waals surface area contributed by atoms with E-state index in [1.54, 1.807) is 23.5 Å². The summed E-state index contributed by atoms with van der Waals surface area (Å²) in [6.45, 7) is 4.45. The van der Waals surface area contributed by atoms with E-state index in [0.29, 0.717) is 0 Å². The molecular formula is C29H38N6S2. The highest BCUT2D eigenvalue weighted by Gasteiger charge is 2.16. The van der Waals surface area contributed by atoms with E-state index in [1.807, 2.05) is 0 Å². The summed E-state index contributed by atoms with van der Waals surface area (Å²) in [6, 6.07) is 21.0. The number of aromatic nitrogens is 6. The van der Waals surface area contributed by atoms with E-state index in [9.17, 15) is 0 Å². The molecule has 0 saturated carbocycles. The van der Waals surface area contributed by atoms with Gasteiger partial charge < -0.3 is 0 Å². The van der Waals surface area contributed by atoms with Crippen molar-refractivity contribution in [2.75, 3.05) is 11.5 Å². The highest BCUT2D eigenvalue weighted by atomic mass is 32.2. The number of nitrogens with zero attached hydrogens (tertiary/aromatic N) is 6. The summed E-state index contributed by atoms with van der Waals surface area (Å²) in [5.74, 6) is 4.24. The van der Waals surface area contributed by atoms with Crippen LogP contribution in [0.5, 0.6) is 0 Å². The Morgan fingerprint density at radius 3 is 1.38 bits per heavy atom. The number of benzene rings is 2. The molecule has 0 spiro atoms. The normalized spacial score (nSPS) is 11.3. The lowest BCUT2D eigenvalue weighted by Crippen LogP contribution is -2.04. The second-order valence-corrected chi connectivity index (χ2v) is 11.2. The van der Waals surface area contributed by atoms with Crippen LogP contribution in [0.1, 0.15) is 70.4 Å². The van der Waals surface area contributed by atoms with Gasteiger partial charge in [0, 0.05) is 35.7 Å². The topological polar surface area (TPSA) is 61.4 Å². The summed E-state index contributed by atoms with van der Waals surface area (Å²) in [5.41, 5.74) is 2.29. The lowest BCUT2D eigenvalue weighted by Gasteiger charge is -2.11. The van der Waals surface area contributed by atoms with Crippen molar-refractivity contribution >= 4 is 23.5 Å². The van der Waals surface area contributed by atoms with Crippen molar-refractivity contribution in [1.29, 1.82) is 0 Å². The summed E-state index contributed by atoms with van der Waals surface area (Å²) in [7, 11) is 0. The molecule has 6 nitrogen and oxygen atoms in total. The van der Waals surface area contributed by atoms with Gasteiger partial charge >= 0.3 is 0 Å². The fourth-order valence-corrected chi connectivity index (χ4v) is 6.25. The zero-order valence-electron chi connectivity index (χ0n) is 22.1. The van der Waals surface area contributed by atoms with Crippen LogP contribution in [0.25, 0.3) is 11.4 Å². The summed E-state index contributed by atoms with van der Waals surface area (Å²) in [6.07, 6.45) is 9.85. The molecule has 0 atom stereocenters. The summed E-state index contributed by atoms with van der Waals surface area (Å²) in [4.78, 5) is 0. The first-order chi connectivity index (χ1) is 18.3. The first-order valence-corrected chi connectivity index (χ1v) is 15.5. The summed E-state index contributed by atoms with van der Waals surface area (Å²) < 4.78 is 4.48. The monoisotopic (exact) mass is 534 g/mol. The molecule has 0 fully saturated rings. The third-order valence-electron chi connectivity index (χ3n) is 6.19. The van der Waals surface area contributed by atoms with E-state index in [2.05, 4.69) is 104 Å². The van der Waals surface area contributed by atoms with Gasteiger partial charge in [-0.1, -0.05) is 93.0 Å². The van der Waals surface area contributed by atoms with Crippen LogP contribution in [0.3, 0.4) is 0 Å².